The van der Waals surface area contributed by atoms with E-state index in [0.717, 1.165) is 11.0 Å². The number of piperazine rings is 1. The van der Waals surface area contributed by atoms with Crippen molar-refractivity contribution in [2.75, 3.05) is 26.2 Å². The Morgan fingerprint density at radius 1 is 1.19 bits per heavy atom. The van der Waals surface area contributed by atoms with Crippen molar-refractivity contribution >= 4 is 22.8 Å². The third-order valence-electron chi connectivity index (χ3n) is 6.17. The topological polar surface area (TPSA) is 95.6 Å². The lowest BCUT2D eigenvalue weighted by molar-refractivity contribution is -0.137. The molecule has 1 aliphatic carbocycles. The van der Waals surface area contributed by atoms with Gasteiger partial charge in [0.1, 0.15) is 12.4 Å². The number of nitrogens with zero attached hydrogens (tertiary/aromatic N) is 3. The molecule has 2 unspecified atom stereocenters. The minimum atomic E-state index is -0.890. The van der Waals surface area contributed by atoms with Crippen molar-refractivity contribution in [1.82, 2.24) is 20.0 Å². The first-order chi connectivity index (χ1) is 15.0. The summed E-state index contributed by atoms with van der Waals surface area (Å²) in [5.41, 5.74) is 1.28. The van der Waals surface area contributed by atoms with Crippen molar-refractivity contribution in [3.8, 4) is 0 Å². The smallest absolute Gasteiger partial charge is 0.410 e. The standard InChI is InChI=1S/C22H21FN4O4/c23-18-6-5-13(10-19-15-3-1-2-4-16(15)20(28)25-24-19)9-17(18)21(29)26-7-8-27-14(11-26)12-31-22(27)30/h1-6,14,17H,7-12H2,(H,25,28). The molecule has 2 fully saturated rings. The van der Waals surface area contributed by atoms with Crippen LogP contribution < -0.4 is 5.56 Å². The average molecular weight is 424 g/mol. The van der Waals surface area contributed by atoms with Gasteiger partial charge in [-0.15, -0.1) is 0 Å². The van der Waals surface area contributed by atoms with E-state index in [1.807, 2.05) is 12.1 Å². The van der Waals surface area contributed by atoms with Crippen LogP contribution in [0.3, 0.4) is 0 Å². The summed E-state index contributed by atoms with van der Waals surface area (Å²) < 4.78 is 19.7. The quantitative estimate of drug-likeness (QED) is 0.812. The number of amides is 2. The van der Waals surface area contributed by atoms with Gasteiger partial charge in [0.25, 0.3) is 5.56 Å². The number of carbonyl (C=O) groups excluding carboxylic acids is 2. The number of halogens is 1. The van der Waals surface area contributed by atoms with Gasteiger partial charge in [-0.25, -0.2) is 14.3 Å². The number of benzene rings is 1. The number of nitrogens with one attached hydrogen (secondary N) is 1. The van der Waals surface area contributed by atoms with Gasteiger partial charge in [-0.1, -0.05) is 29.8 Å². The van der Waals surface area contributed by atoms with E-state index in [0.29, 0.717) is 37.1 Å². The van der Waals surface area contributed by atoms with E-state index in [9.17, 15) is 18.8 Å². The predicted octanol–water partition coefficient (Wildman–Crippen LogP) is 1.93. The molecule has 2 atom stereocenters. The first-order valence-electron chi connectivity index (χ1n) is 10.2. The Hall–Kier alpha value is -3.49. The average Bonchev–Trinajstić information content (AvgIpc) is 3.17. The maximum Gasteiger partial charge on any atom is 0.410 e. The number of ether oxygens (including phenoxy) is 1. The molecule has 0 bridgehead atoms. The Labute approximate surface area is 177 Å². The van der Waals surface area contributed by atoms with Crippen molar-refractivity contribution in [1.29, 1.82) is 0 Å². The first kappa shape index (κ1) is 19.5. The zero-order valence-corrected chi connectivity index (χ0v) is 16.7. The van der Waals surface area contributed by atoms with Gasteiger partial charge >= 0.3 is 6.09 Å². The van der Waals surface area contributed by atoms with Crippen LogP contribution in [0.4, 0.5) is 9.18 Å². The van der Waals surface area contributed by atoms with Gasteiger partial charge in [-0.2, -0.15) is 5.10 Å². The van der Waals surface area contributed by atoms with Crippen LogP contribution in [0, 0.1) is 5.92 Å². The zero-order valence-electron chi connectivity index (χ0n) is 16.7. The second-order valence-electron chi connectivity index (χ2n) is 8.06. The van der Waals surface area contributed by atoms with Crippen molar-refractivity contribution < 1.29 is 18.7 Å². The molecule has 0 spiro atoms. The largest absolute Gasteiger partial charge is 0.447 e. The van der Waals surface area contributed by atoms with E-state index < -0.39 is 11.7 Å². The SMILES string of the molecule is O=C(C1CC(Cc2n[nH]c(=O)c3ccccc23)=CC=C1F)N1CCN2C(=O)OCC2C1. The molecule has 3 heterocycles. The third-order valence-corrected chi connectivity index (χ3v) is 6.17. The predicted molar refractivity (Wildman–Crippen MR) is 110 cm³/mol. The van der Waals surface area contributed by atoms with Crippen molar-refractivity contribution in [2.45, 2.75) is 18.9 Å². The number of allylic oxidation sites excluding steroid dienone is 3. The van der Waals surface area contributed by atoms with E-state index in [-0.39, 0.29) is 36.6 Å². The molecule has 0 saturated carbocycles. The molecule has 0 radical (unpaired) electrons. The van der Waals surface area contributed by atoms with Gasteiger partial charge in [0.2, 0.25) is 5.91 Å². The van der Waals surface area contributed by atoms with E-state index in [4.69, 9.17) is 4.74 Å². The summed E-state index contributed by atoms with van der Waals surface area (Å²) in [6, 6.07) is 7.02. The maximum atomic E-state index is 14.6. The fourth-order valence-corrected chi connectivity index (χ4v) is 4.51. The molecule has 2 amide bonds. The van der Waals surface area contributed by atoms with Gasteiger partial charge in [-0.3, -0.25) is 14.5 Å². The number of rotatable bonds is 3. The first-order valence-corrected chi connectivity index (χ1v) is 10.2. The Morgan fingerprint density at radius 2 is 2.00 bits per heavy atom. The van der Waals surface area contributed by atoms with Gasteiger partial charge in [0.05, 0.1) is 23.0 Å². The molecule has 2 aliphatic heterocycles. The second kappa shape index (κ2) is 7.64. The van der Waals surface area contributed by atoms with Crippen LogP contribution in [0.5, 0.6) is 0 Å². The van der Waals surface area contributed by atoms with Gasteiger partial charge in [-0.05, 0) is 18.6 Å². The van der Waals surface area contributed by atoms with E-state index >= 15 is 0 Å². The van der Waals surface area contributed by atoms with Crippen molar-refractivity contribution in [2.24, 2.45) is 5.92 Å². The zero-order chi connectivity index (χ0) is 21.5. The van der Waals surface area contributed by atoms with Gasteiger partial charge in [0, 0.05) is 31.4 Å². The highest BCUT2D eigenvalue weighted by atomic mass is 19.1. The van der Waals surface area contributed by atoms with Crippen LogP contribution in [0.25, 0.3) is 10.8 Å². The number of H-pyrrole nitrogens is 1. The Bertz CT molecular complexity index is 1190. The lowest BCUT2D eigenvalue weighted by Crippen LogP contribution is -2.55. The summed E-state index contributed by atoms with van der Waals surface area (Å²) >= 11 is 0. The summed E-state index contributed by atoms with van der Waals surface area (Å²) in [4.78, 5) is 40.0. The molecule has 31 heavy (non-hydrogen) atoms. The fourth-order valence-electron chi connectivity index (χ4n) is 4.51. The molecule has 9 heteroatoms. The molecule has 5 rings (SSSR count). The van der Waals surface area contributed by atoms with Gasteiger partial charge in [0.15, 0.2) is 0 Å². The van der Waals surface area contributed by atoms with Crippen LogP contribution in [-0.2, 0) is 16.0 Å². The Balaban J connectivity index is 1.33. The Morgan fingerprint density at radius 3 is 2.84 bits per heavy atom. The number of carbonyl (C=O) groups is 2. The normalized spacial score (nSPS) is 23.3. The van der Waals surface area contributed by atoms with E-state index in [1.54, 1.807) is 28.0 Å². The molecule has 3 aliphatic rings. The minimum Gasteiger partial charge on any atom is -0.447 e. The summed E-state index contributed by atoms with van der Waals surface area (Å²) in [6.45, 7) is 1.35. The highest BCUT2D eigenvalue weighted by molar-refractivity contribution is 5.84. The number of fused-ring (bicyclic) bond motifs is 2. The molecule has 1 N–H and O–H groups in total. The molecule has 2 saturated heterocycles. The number of aromatic amines is 1. The number of hydrogen-bond donors (Lipinski definition) is 1. The van der Waals surface area contributed by atoms with E-state index in [2.05, 4.69) is 10.2 Å². The fraction of sp³-hybridized carbons (Fsp3) is 0.364. The van der Waals surface area contributed by atoms with E-state index in [1.165, 1.54) is 6.08 Å². The van der Waals surface area contributed by atoms with Gasteiger partial charge < -0.3 is 9.64 Å². The molecular formula is C22H21FN4O4. The monoisotopic (exact) mass is 424 g/mol. The molecule has 1 aromatic carbocycles. The highest BCUT2D eigenvalue weighted by Crippen LogP contribution is 2.31. The van der Waals surface area contributed by atoms with Crippen LogP contribution in [-0.4, -0.2) is 64.3 Å². The lowest BCUT2D eigenvalue weighted by atomic mass is 9.88. The van der Waals surface area contributed by atoms with Crippen LogP contribution in [0.15, 0.2) is 52.6 Å². The summed E-state index contributed by atoms with van der Waals surface area (Å²) in [5, 5.41) is 7.98. The summed E-state index contributed by atoms with van der Waals surface area (Å²) in [6.07, 6.45) is 3.32. The van der Waals surface area contributed by atoms with Crippen molar-refractivity contribution in [3.05, 3.63) is 63.9 Å². The third kappa shape index (κ3) is 3.49. The molecule has 2 aromatic rings. The Kier molecular flexibility index (Phi) is 4.80. The number of aromatic nitrogens is 2. The maximum absolute atomic E-state index is 14.6. The van der Waals surface area contributed by atoms with Crippen molar-refractivity contribution in [3.63, 3.8) is 0 Å². The van der Waals surface area contributed by atoms with Crippen LogP contribution in [0.2, 0.25) is 0 Å². The summed E-state index contributed by atoms with van der Waals surface area (Å²) in [7, 11) is 0. The number of cyclic esters (lactones) is 1. The molecule has 1 aromatic heterocycles. The lowest BCUT2D eigenvalue weighted by Gasteiger charge is -2.37. The van der Waals surface area contributed by atoms with Crippen LogP contribution >= 0.6 is 0 Å². The highest BCUT2D eigenvalue weighted by Gasteiger charge is 2.41. The summed E-state index contributed by atoms with van der Waals surface area (Å²) in [5.74, 6) is -1.63. The minimum absolute atomic E-state index is 0.174. The second-order valence-corrected chi connectivity index (χ2v) is 8.06. The molecule has 8 nitrogen and oxygen atoms in total. The number of hydrogen-bond acceptors (Lipinski definition) is 5. The molecular weight excluding hydrogens is 403 g/mol. The molecule has 160 valence electrons. The van der Waals surface area contributed by atoms with Crippen LogP contribution in [0.1, 0.15) is 12.1 Å².